The van der Waals surface area contributed by atoms with Gasteiger partial charge in [0.05, 0.1) is 0 Å². The number of amides is 1. The third-order valence-electron chi connectivity index (χ3n) is 4.07. The average molecular weight is 255 g/mol. The van der Waals surface area contributed by atoms with Gasteiger partial charge in [-0.2, -0.15) is 0 Å². The zero-order valence-corrected chi connectivity index (χ0v) is 12.2. The number of hydrogen-bond acceptors (Lipinski definition) is 3. The van der Waals surface area contributed by atoms with Crippen molar-refractivity contribution in [3.63, 3.8) is 0 Å². The molecule has 0 aromatic rings. The molecule has 4 heteroatoms. The fourth-order valence-electron chi connectivity index (χ4n) is 2.55. The summed E-state index contributed by atoms with van der Waals surface area (Å²) in [4.78, 5) is 16.4. The van der Waals surface area contributed by atoms with Gasteiger partial charge in [0, 0.05) is 32.6 Å². The zero-order valence-electron chi connectivity index (χ0n) is 12.2. The second-order valence-electron chi connectivity index (χ2n) is 5.80. The van der Waals surface area contributed by atoms with Crippen LogP contribution in [0.15, 0.2) is 0 Å². The number of carbonyl (C=O) groups is 1. The first-order valence-corrected chi connectivity index (χ1v) is 7.21. The SMILES string of the molecule is CC(C)C(CCN)CCC(=O)N1CCN(C)CC1. The monoisotopic (exact) mass is 255 g/mol. The van der Waals surface area contributed by atoms with E-state index in [1.54, 1.807) is 0 Å². The molecule has 1 atom stereocenters. The standard InChI is InChI=1S/C14H29N3O/c1-12(2)13(6-7-15)4-5-14(18)17-10-8-16(3)9-11-17/h12-13H,4-11,15H2,1-3H3. The number of hydrogen-bond donors (Lipinski definition) is 1. The van der Waals surface area contributed by atoms with E-state index in [-0.39, 0.29) is 0 Å². The molecular formula is C14H29N3O. The van der Waals surface area contributed by atoms with Crippen LogP contribution >= 0.6 is 0 Å². The maximum absolute atomic E-state index is 12.1. The molecule has 18 heavy (non-hydrogen) atoms. The van der Waals surface area contributed by atoms with Crippen molar-refractivity contribution in [2.45, 2.75) is 33.1 Å². The molecular weight excluding hydrogens is 226 g/mol. The second-order valence-corrected chi connectivity index (χ2v) is 5.80. The van der Waals surface area contributed by atoms with Crippen molar-refractivity contribution < 1.29 is 4.79 Å². The fraction of sp³-hybridized carbons (Fsp3) is 0.929. The van der Waals surface area contributed by atoms with Crippen LogP contribution in [0, 0.1) is 11.8 Å². The van der Waals surface area contributed by atoms with Gasteiger partial charge in [0.15, 0.2) is 0 Å². The summed E-state index contributed by atoms with van der Waals surface area (Å²) in [6.07, 6.45) is 2.71. The van der Waals surface area contributed by atoms with E-state index >= 15 is 0 Å². The van der Waals surface area contributed by atoms with Crippen LogP contribution in [0.5, 0.6) is 0 Å². The lowest BCUT2D eigenvalue weighted by molar-refractivity contribution is -0.133. The summed E-state index contributed by atoms with van der Waals surface area (Å²) in [6.45, 7) is 8.95. The lowest BCUT2D eigenvalue weighted by atomic mass is 9.88. The van der Waals surface area contributed by atoms with Gasteiger partial charge in [-0.3, -0.25) is 4.79 Å². The number of nitrogens with zero attached hydrogens (tertiary/aromatic N) is 2. The lowest BCUT2D eigenvalue weighted by Crippen LogP contribution is -2.47. The predicted molar refractivity (Wildman–Crippen MR) is 75.3 cm³/mol. The second kappa shape index (κ2) is 7.74. The van der Waals surface area contributed by atoms with Gasteiger partial charge < -0.3 is 15.5 Å². The molecule has 1 aliphatic heterocycles. The van der Waals surface area contributed by atoms with Crippen LogP contribution in [0.2, 0.25) is 0 Å². The molecule has 0 bridgehead atoms. The Bertz CT molecular complexity index is 247. The zero-order chi connectivity index (χ0) is 13.5. The minimum Gasteiger partial charge on any atom is -0.340 e. The highest BCUT2D eigenvalue weighted by molar-refractivity contribution is 5.76. The van der Waals surface area contributed by atoms with Crippen molar-refractivity contribution >= 4 is 5.91 Å². The predicted octanol–water partition coefficient (Wildman–Crippen LogP) is 1.16. The van der Waals surface area contributed by atoms with Crippen LogP contribution in [0.1, 0.15) is 33.1 Å². The fourth-order valence-corrected chi connectivity index (χ4v) is 2.55. The van der Waals surface area contributed by atoms with Crippen molar-refractivity contribution in [3.05, 3.63) is 0 Å². The molecule has 1 heterocycles. The van der Waals surface area contributed by atoms with Crippen LogP contribution in [-0.4, -0.2) is 55.5 Å². The Morgan fingerprint density at radius 1 is 1.17 bits per heavy atom. The molecule has 1 aliphatic rings. The first-order chi connectivity index (χ1) is 8.54. The molecule has 1 unspecified atom stereocenters. The third kappa shape index (κ3) is 4.94. The molecule has 1 amide bonds. The Labute approximate surface area is 111 Å². The van der Waals surface area contributed by atoms with Crippen molar-refractivity contribution in [1.82, 2.24) is 9.80 Å². The Kier molecular flexibility index (Phi) is 6.65. The van der Waals surface area contributed by atoms with Crippen LogP contribution in [0.25, 0.3) is 0 Å². The first-order valence-electron chi connectivity index (χ1n) is 7.21. The minimum absolute atomic E-state index is 0.325. The van der Waals surface area contributed by atoms with Gasteiger partial charge in [-0.05, 0) is 38.3 Å². The highest BCUT2D eigenvalue weighted by Gasteiger charge is 2.20. The minimum atomic E-state index is 0.325. The van der Waals surface area contributed by atoms with Gasteiger partial charge >= 0.3 is 0 Å². The van der Waals surface area contributed by atoms with Crippen LogP contribution < -0.4 is 5.73 Å². The maximum atomic E-state index is 12.1. The topological polar surface area (TPSA) is 49.6 Å². The molecule has 0 aromatic heterocycles. The summed E-state index contributed by atoms with van der Waals surface area (Å²) in [5.41, 5.74) is 5.63. The summed E-state index contributed by atoms with van der Waals surface area (Å²) < 4.78 is 0. The maximum Gasteiger partial charge on any atom is 0.222 e. The Hall–Kier alpha value is -0.610. The van der Waals surface area contributed by atoms with Crippen molar-refractivity contribution in [1.29, 1.82) is 0 Å². The van der Waals surface area contributed by atoms with E-state index in [2.05, 4.69) is 25.8 Å². The van der Waals surface area contributed by atoms with Crippen LogP contribution in [0.4, 0.5) is 0 Å². The third-order valence-corrected chi connectivity index (χ3v) is 4.07. The lowest BCUT2D eigenvalue weighted by Gasteiger charge is -2.33. The molecule has 0 aliphatic carbocycles. The highest BCUT2D eigenvalue weighted by Crippen LogP contribution is 2.21. The summed E-state index contributed by atoms with van der Waals surface area (Å²) in [7, 11) is 2.11. The van der Waals surface area contributed by atoms with Crippen LogP contribution in [0.3, 0.4) is 0 Å². The molecule has 1 rings (SSSR count). The normalized spacial score (nSPS) is 19.3. The molecule has 2 N–H and O–H groups in total. The van der Waals surface area contributed by atoms with E-state index in [0.717, 1.165) is 45.6 Å². The van der Waals surface area contributed by atoms with Gasteiger partial charge in [-0.1, -0.05) is 13.8 Å². The highest BCUT2D eigenvalue weighted by atomic mass is 16.2. The summed E-state index contributed by atoms with van der Waals surface area (Å²) in [5.74, 6) is 1.53. The first kappa shape index (κ1) is 15.4. The average Bonchev–Trinajstić information content (AvgIpc) is 2.34. The smallest absolute Gasteiger partial charge is 0.222 e. The number of rotatable bonds is 6. The number of piperazine rings is 1. The molecule has 0 spiro atoms. The molecule has 0 aromatic carbocycles. The summed E-state index contributed by atoms with van der Waals surface area (Å²) in [6, 6.07) is 0. The number of nitrogens with two attached hydrogens (primary N) is 1. The number of carbonyl (C=O) groups excluding carboxylic acids is 1. The van der Waals surface area contributed by atoms with Gasteiger partial charge in [-0.15, -0.1) is 0 Å². The van der Waals surface area contributed by atoms with Gasteiger partial charge in [-0.25, -0.2) is 0 Å². The Morgan fingerprint density at radius 3 is 2.28 bits per heavy atom. The van der Waals surface area contributed by atoms with Gasteiger partial charge in [0.25, 0.3) is 0 Å². The molecule has 4 nitrogen and oxygen atoms in total. The largest absolute Gasteiger partial charge is 0.340 e. The van der Waals surface area contributed by atoms with Crippen LogP contribution in [-0.2, 0) is 4.79 Å². The van der Waals surface area contributed by atoms with Gasteiger partial charge in [0.1, 0.15) is 0 Å². The summed E-state index contributed by atoms with van der Waals surface area (Å²) in [5, 5.41) is 0. The molecule has 1 fully saturated rings. The van der Waals surface area contributed by atoms with Crippen molar-refractivity contribution in [3.8, 4) is 0 Å². The van der Waals surface area contributed by atoms with Gasteiger partial charge in [0.2, 0.25) is 5.91 Å². The summed E-state index contributed by atoms with van der Waals surface area (Å²) >= 11 is 0. The molecule has 106 valence electrons. The molecule has 0 radical (unpaired) electrons. The molecule has 0 saturated carbocycles. The van der Waals surface area contributed by atoms with Crippen molar-refractivity contribution in [2.75, 3.05) is 39.8 Å². The van der Waals surface area contributed by atoms with E-state index in [1.165, 1.54) is 0 Å². The molecule has 1 saturated heterocycles. The van der Waals surface area contributed by atoms with E-state index in [0.29, 0.717) is 24.2 Å². The Balaban J connectivity index is 2.31. The van der Waals surface area contributed by atoms with E-state index in [1.807, 2.05) is 4.90 Å². The Morgan fingerprint density at radius 2 is 1.78 bits per heavy atom. The number of likely N-dealkylation sites (N-methyl/N-ethyl adjacent to an activating group) is 1. The van der Waals surface area contributed by atoms with E-state index in [9.17, 15) is 4.79 Å². The van der Waals surface area contributed by atoms with E-state index in [4.69, 9.17) is 5.73 Å². The van der Waals surface area contributed by atoms with Crippen molar-refractivity contribution in [2.24, 2.45) is 17.6 Å². The van der Waals surface area contributed by atoms with E-state index < -0.39 is 0 Å². The quantitative estimate of drug-likeness (QED) is 0.775.